The van der Waals surface area contributed by atoms with Crippen LogP contribution in [-0.2, 0) is 18.3 Å². The second-order valence-corrected chi connectivity index (χ2v) is 6.73. The van der Waals surface area contributed by atoms with E-state index < -0.39 is 19.4 Å². The maximum atomic E-state index is 12.5. The van der Waals surface area contributed by atoms with Gasteiger partial charge < -0.3 is 13.8 Å². The summed E-state index contributed by atoms with van der Waals surface area (Å²) in [5.41, 5.74) is 0.948. The van der Waals surface area contributed by atoms with Gasteiger partial charge in [0.25, 0.3) is 0 Å². The van der Waals surface area contributed by atoms with Crippen LogP contribution < -0.4 is 0 Å². The van der Waals surface area contributed by atoms with E-state index in [1.807, 2.05) is 24.3 Å². The molecule has 2 aromatic rings. The van der Waals surface area contributed by atoms with Gasteiger partial charge in [0.2, 0.25) is 5.85 Å². The number of hydrogen-bond acceptors (Lipinski definition) is 5. The van der Waals surface area contributed by atoms with E-state index in [4.69, 9.17) is 13.8 Å². The van der Waals surface area contributed by atoms with Crippen molar-refractivity contribution in [3.05, 3.63) is 47.5 Å². The predicted octanol–water partition coefficient (Wildman–Crippen LogP) is 3.49. The van der Waals surface area contributed by atoms with Crippen LogP contribution in [-0.4, -0.2) is 20.2 Å². The van der Waals surface area contributed by atoms with Crippen LogP contribution in [0, 0.1) is 0 Å². The van der Waals surface area contributed by atoms with E-state index in [0.29, 0.717) is 11.1 Å². The number of rotatable bonds is 3. The second kappa shape index (κ2) is 4.70. The summed E-state index contributed by atoms with van der Waals surface area (Å²) in [6.07, 6.45) is 0. The first-order chi connectivity index (χ1) is 9.59. The summed E-state index contributed by atoms with van der Waals surface area (Å²) in [6.45, 7) is 0. The van der Waals surface area contributed by atoms with Crippen LogP contribution >= 0.6 is 7.60 Å². The Balaban J connectivity index is 2.22. The highest BCUT2D eigenvalue weighted by Crippen LogP contribution is 2.63. The minimum absolute atomic E-state index is 0.406. The lowest BCUT2D eigenvalue weighted by Crippen LogP contribution is -2.03. The molecule has 0 spiro atoms. The van der Waals surface area contributed by atoms with E-state index in [9.17, 15) is 9.36 Å². The Morgan fingerprint density at radius 2 is 1.70 bits per heavy atom. The Kier molecular flexibility index (Phi) is 3.13. The zero-order valence-electron chi connectivity index (χ0n) is 11.0. The summed E-state index contributed by atoms with van der Waals surface area (Å²) in [6, 6.07) is 11.1. The molecule has 0 amide bonds. The molecule has 1 aliphatic rings. The fraction of sp³-hybridized carbons (Fsp3) is 0.214. The average molecular weight is 292 g/mol. The van der Waals surface area contributed by atoms with Gasteiger partial charge in [0, 0.05) is 19.8 Å². The molecule has 0 N–H and O–H groups in total. The highest BCUT2D eigenvalue weighted by atomic mass is 31.2. The van der Waals surface area contributed by atoms with Crippen molar-refractivity contribution in [3.8, 4) is 0 Å². The minimum Gasteiger partial charge on any atom is -0.441 e. The van der Waals surface area contributed by atoms with Gasteiger partial charge >= 0.3 is 13.6 Å². The maximum absolute atomic E-state index is 12.5. The number of esters is 1. The van der Waals surface area contributed by atoms with Crippen molar-refractivity contribution in [2.24, 2.45) is 0 Å². The summed E-state index contributed by atoms with van der Waals surface area (Å²) in [5, 5.41) is 1.86. The Morgan fingerprint density at radius 1 is 1.10 bits per heavy atom. The first kappa shape index (κ1) is 13.3. The number of ether oxygens (including phenoxy) is 1. The quantitative estimate of drug-likeness (QED) is 0.640. The lowest BCUT2D eigenvalue weighted by Gasteiger charge is -2.19. The first-order valence-electron chi connectivity index (χ1n) is 6.04. The van der Waals surface area contributed by atoms with Crippen molar-refractivity contribution in [1.29, 1.82) is 0 Å². The Hall–Kier alpha value is -1.68. The van der Waals surface area contributed by atoms with Crippen LogP contribution in [0.3, 0.4) is 0 Å². The summed E-state index contributed by atoms with van der Waals surface area (Å²) in [7, 11) is -0.970. The van der Waals surface area contributed by atoms with Crippen molar-refractivity contribution in [1.82, 2.24) is 0 Å². The number of fused-ring (bicyclic) bond motifs is 2. The molecule has 0 fully saturated rings. The van der Waals surface area contributed by atoms with Gasteiger partial charge in [0.1, 0.15) is 0 Å². The molecule has 3 rings (SSSR count). The third-order valence-corrected chi connectivity index (χ3v) is 5.39. The average Bonchev–Trinajstić information content (AvgIpc) is 2.81. The van der Waals surface area contributed by atoms with Crippen LogP contribution in [0.1, 0.15) is 21.8 Å². The van der Waals surface area contributed by atoms with Crippen molar-refractivity contribution < 1.29 is 23.1 Å². The first-order valence-corrected chi connectivity index (χ1v) is 7.65. The number of hydrogen-bond donors (Lipinski definition) is 0. The van der Waals surface area contributed by atoms with E-state index in [-0.39, 0.29) is 0 Å². The molecule has 0 saturated carbocycles. The van der Waals surface area contributed by atoms with Crippen molar-refractivity contribution in [2.45, 2.75) is 5.85 Å². The van der Waals surface area contributed by atoms with Crippen molar-refractivity contribution in [3.63, 3.8) is 0 Å². The standard InChI is InChI=1S/C14H13O5P/c1-17-20(16,18-2)14-12-8-10-6-4-3-5-9(10)7-11(12)13(15)19-14/h3-8,14H,1-2H3. The van der Waals surface area contributed by atoms with Gasteiger partial charge in [-0.2, -0.15) is 0 Å². The SMILES string of the molecule is COP(=O)(OC)C1OC(=O)c2cc3ccccc3cc21. The van der Waals surface area contributed by atoms with E-state index in [2.05, 4.69) is 0 Å². The predicted molar refractivity (Wildman–Crippen MR) is 73.7 cm³/mol. The molecule has 0 aromatic heterocycles. The molecule has 0 radical (unpaired) electrons. The molecular formula is C14H13O5P. The summed E-state index contributed by atoms with van der Waals surface area (Å²) >= 11 is 0. The normalized spacial score (nSPS) is 18.1. The molecule has 1 heterocycles. The summed E-state index contributed by atoms with van der Waals surface area (Å²) in [5.74, 6) is -1.52. The summed E-state index contributed by atoms with van der Waals surface area (Å²) < 4.78 is 27.6. The molecule has 1 unspecified atom stereocenters. The topological polar surface area (TPSA) is 61.8 Å². The Morgan fingerprint density at radius 3 is 2.30 bits per heavy atom. The largest absolute Gasteiger partial charge is 0.441 e. The molecule has 1 aliphatic heterocycles. The Labute approximate surface area is 116 Å². The second-order valence-electron chi connectivity index (χ2n) is 4.45. The smallest absolute Gasteiger partial charge is 0.375 e. The number of cyclic esters (lactones) is 1. The molecule has 0 bridgehead atoms. The van der Waals surface area contributed by atoms with Crippen LogP contribution in [0.15, 0.2) is 36.4 Å². The third-order valence-electron chi connectivity index (χ3n) is 3.42. The van der Waals surface area contributed by atoms with E-state index in [0.717, 1.165) is 10.8 Å². The van der Waals surface area contributed by atoms with Crippen LogP contribution in [0.4, 0.5) is 0 Å². The van der Waals surface area contributed by atoms with Gasteiger partial charge in [-0.3, -0.25) is 4.57 Å². The lowest BCUT2D eigenvalue weighted by atomic mass is 10.0. The van der Waals surface area contributed by atoms with Gasteiger partial charge in [-0.1, -0.05) is 24.3 Å². The molecule has 0 saturated heterocycles. The fourth-order valence-electron chi connectivity index (χ4n) is 2.37. The number of carbonyl (C=O) groups is 1. The lowest BCUT2D eigenvalue weighted by molar-refractivity contribution is 0.0456. The van der Waals surface area contributed by atoms with Crippen LogP contribution in [0.2, 0.25) is 0 Å². The molecule has 6 heteroatoms. The molecule has 2 aromatic carbocycles. The van der Waals surface area contributed by atoms with E-state index in [1.165, 1.54) is 14.2 Å². The van der Waals surface area contributed by atoms with E-state index >= 15 is 0 Å². The van der Waals surface area contributed by atoms with E-state index in [1.54, 1.807) is 12.1 Å². The molecule has 104 valence electrons. The zero-order valence-corrected chi connectivity index (χ0v) is 11.9. The van der Waals surface area contributed by atoms with Gasteiger partial charge in [0.05, 0.1) is 5.56 Å². The van der Waals surface area contributed by atoms with Gasteiger partial charge in [-0.25, -0.2) is 4.79 Å². The number of carbonyl (C=O) groups excluding carboxylic acids is 1. The van der Waals surface area contributed by atoms with Crippen molar-refractivity contribution >= 4 is 24.3 Å². The molecule has 1 atom stereocenters. The highest BCUT2D eigenvalue weighted by molar-refractivity contribution is 7.54. The summed E-state index contributed by atoms with van der Waals surface area (Å²) in [4.78, 5) is 11.9. The number of benzene rings is 2. The highest BCUT2D eigenvalue weighted by Gasteiger charge is 2.45. The molecule has 20 heavy (non-hydrogen) atoms. The monoisotopic (exact) mass is 292 g/mol. The van der Waals surface area contributed by atoms with Crippen LogP contribution in [0.25, 0.3) is 10.8 Å². The minimum atomic E-state index is -3.52. The van der Waals surface area contributed by atoms with Crippen LogP contribution in [0.5, 0.6) is 0 Å². The Bertz CT molecular complexity index is 731. The van der Waals surface area contributed by atoms with Gasteiger partial charge in [-0.05, 0) is 22.9 Å². The van der Waals surface area contributed by atoms with Crippen molar-refractivity contribution in [2.75, 3.05) is 14.2 Å². The van der Waals surface area contributed by atoms with Gasteiger partial charge in [0.15, 0.2) is 0 Å². The molecule has 5 nitrogen and oxygen atoms in total. The maximum Gasteiger partial charge on any atom is 0.375 e. The molecular weight excluding hydrogens is 279 g/mol. The zero-order chi connectivity index (χ0) is 14.3. The third kappa shape index (κ3) is 1.86. The fourth-order valence-corrected chi connectivity index (χ4v) is 3.68. The van der Waals surface area contributed by atoms with Gasteiger partial charge in [-0.15, -0.1) is 0 Å². The molecule has 0 aliphatic carbocycles.